The monoisotopic (exact) mass is 155 g/mol. The van der Waals surface area contributed by atoms with Crippen molar-refractivity contribution in [1.29, 1.82) is 0 Å². The predicted molar refractivity (Wildman–Crippen MR) is 36.4 cm³/mol. The van der Waals surface area contributed by atoms with E-state index >= 15 is 0 Å². The van der Waals surface area contributed by atoms with Crippen LogP contribution < -0.4 is 4.62 Å². The van der Waals surface area contributed by atoms with Crippen LogP contribution in [0.3, 0.4) is 0 Å². The molecule has 5 heteroatoms. The molecule has 1 N–H and O–H groups in total. The molecule has 0 radical (unpaired) electrons. The first-order chi connectivity index (χ1) is 4.63. The molecule has 0 unspecified atom stereocenters. The second-order valence-electron chi connectivity index (χ2n) is 2.00. The quantitative estimate of drug-likeness (QED) is 0.525. The zero-order valence-corrected chi connectivity index (χ0v) is 7.71. The highest BCUT2D eigenvalue weighted by Crippen LogP contribution is 1.99. The van der Waals surface area contributed by atoms with E-state index in [1.165, 1.54) is 0 Å². The van der Waals surface area contributed by atoms with Crippen LogP contribution in [0.4, 0.5) is 0 Å². The van der Waals surface area contributed by atoms with E-state index in [0.29, 0.717) is 26.6 Å². The molecule has 0 aliphatic heterocycles. The fourth-order valence-corrected chi connectivity index (χ4v) is 1.46. The van der Waals surface area contributed by atoms with Crippen LogP contribution >= 0.6 is 0 Å². The van der Waals surface area contributed by atoms with Crippen LogP contribution in [0.2, 0.25) is 0 Å². The van der Waals surface area contributed by atoms with Gasteiger partial charge in [0.15, 0.2) is 0 Å². The van der Waals surface area contributed by atoms with Gasteiger partial charge in [-0.1, -0.05) is 5.16 Å². The van der Waals surface area contributed by atoms with E-state index in [-0.39, 0.29) is 5.56 Å². The normalized spacial score (nSPS) is 9.70. The minimum absolute atomic E-state index is 0.228. The fraction of sp³-hybridized carbons (Fsp3) is 0.200. The third kappa shape index (κ3) is 1.06. The molecule has 0 atom stereocenters. The van der Waals surface area contributed by atoms with Gasteiger partial charge in [-0.2, -0.15) is 0 Å². The summed E-state index contributed by atoms with van der Waals surface area (Å²) in [5.74, 6) is -0.955. The van der Waals surface area contributed by atoms with Crippen LogP contribution in [0.15, 0.2) is 4.52 Å². The van der Waals surface area contributed by atoms with Crippen molar-refractivity contribution < 1.29 is 14.4 Å². The summed E-state index contributed by atoms with van der Waals surface area (Å²) in [6, 6.07) is 0. The SMILES string of the molecule is Cc1no[c]([AlH2])c1C(=O)O. The molecule has 0 amide bonds. The van der Waals surface area contributed by atoms with Gasteiger partial charge in [0, 0.05) is 0 Å². The van der Waals surface area contributed by atoms with E-state index in [1.54, 1.807) is 6.92 Å². The second-order valence-corrected chi connectivity index (χ2v) is 2.91. The molecule has 1 aromatic heterocycles. The summed E-state index contributed by atoms with van der Waals surface area (Å²) in [5.41, 5.74) is 0.684. The predicted octanol–water partition coefficient (Wildman–Crippen LogP) is -1.06. The molecule has 0 saturated heterocycles. The Balaban J connectivity index is 3.23. The van der Waals surface area contributed by atoms with Crippen molar-refractivity contribution >= 4 is 26.9 Å². The Hall–Kier alpha value is -0.788. The molecule has 1 aromatic rings. The van der Waals surface area contributed by atoms with Crippen molar-refractivity contribution in [2.24, 2.45) is 0 Å². The van der Waals surface area contributed by atoms with Gasteiger partial charge in [0.05, 0.1) is 10.3 Å². The summed E-state index contributed by atoms with van der Waals surface area (Å²) in [6.45, 7) is 1.62. The van der Waals surface area contributed by atoms with Crippen LogP contribution in [0.1, 0.15) is 16.1 Å². The van der Waals surface area contributed by atoms with Gasteiger partial charge in [0.2, 0.25) is 0 Å². The number of hydrogen-bond acceptors (Lipinski definition) is 3. The van der Waals surface area contributed by atoms with Crippen molar-refractivity contribution in [2.75, 3.05) is 0 Å². The van der Waals surface area contributed by atoms with Gasteiger partial charge in [-0.3, -0.25) is 0 Å². The molecule has 1 heterocycles. The maximum atomic E-state index is 10.4. The average molecular weight is 155 g/mol. The highest BCUT2D eigenvalue weighted by Gasteiger charge is 2.14. The van der Waals surface area contributed by atoms with Gasteiger partial charge in [0.1, 0.15) is 5.56 Å². The lowest BCUT2D eigenvalue weighted by atomic mass is 10.3. The maximum absolute atomic E-state index is 10.4. The molecular formula is C5H6AlNO3. The van der Waals surface area contributed by atoms with E-state index < -0.39 is 5.97 Å². The number of carbonyl (C=O) groups is 1. The molecule has 1 rings (SSSR count). The van der Waals surface area contributed by atoms with Gasteiger partial charge in [-0.05, 0) is 6.92 Å². The second kappa shape index (κ2) is 2.45. The summed E-state index contributed by atoms with van der Waals surface area (Å²) in [5, 5.41) is 12.1. The largest absolute Gasteiger partial charge is 0.478 e. The molecule has 0 aliphatic rings. The van der Waals surface area contributed by atoms with Gasteiger partial charge in [-0.15, -0.1) is 0 Å². The van der Waals surface area contributed by atoms with Crippen molar-refractivity contribution in [3.63, 3.8) is 0 Å². The highest BCUT2D eigenvalue weighted by molar-refractivity contribution is 6.33. The molecule has 52 valence electrons. The Morgan fingerprint density at radius 2 is 2.40 bits per heavy atom. The minimum atomic E-state index is -0.955. The topological polar surface area (TPSA) is 63.3 Å². The molecular weight excluding hydrogens is 149 g/mol. The van der Waals surface area contributed by atoms with Crippen LogP contribution in [0, 0.1) is 6.92 Å². The lowest BCUT2D eigenvalue weighted by Gasteiger charge is -1.87. The number of aryl methyl sites for hydroxylation is 1. The number of aromatic carboxylic acids is 1. The first kappa shape index (κ1) is 7.32. The third-order valence-corrected chi connectivity index (χ3v) is 1.93. The van der Waals surface area contributed by atoms with E-state index in [2.05, 4.69) is 9.68 Å². The first-order valence-electron chi connectivity index (χ1n) is 2.79. The van der Waals surface area contributed by atoms with E-state index in [1.807, 2.05) is 0 Å². The van der Waals surface area contributed by atoms with E-state index in [9.17, 15) is 4.79 Å². The summed E-state index contributed by atoms with van der Waals surface area (Å²) in [6.07, 6.45) is 0. The van der Waals surface area contributed by atoms with E-state index in [4.69, 9.17) is 5.11 Å². The van der Waals surface area contributed by atoms with Crippen molar-refractivity contribution in [1.82, 2.24) is 5.16 Å². The van der Waals surface area contributed by atoms with Crippen LogP contribution in [-0.2, 0) is 0 Å². The van der Waals surface area contributed by atoms with Crippen molar-refractivity contribution in [3.05, 3.63) is 11.3 Å². The molecule has 0 aromatic carbocycles. The lowest BCUT2D eigenvalue weighted by Crippen LogP contribution is -2.12. The van der Waals surface area contributed by atoms with Crippen LogP contribution in [-0.4, -0.2) is 32.5 Å². The highest BCUT2D eigenvalue weighted by atomic mass is 27.0. The zero-order valence-electron chi connectivity index (χ0n) is 5.71. The Morgan fingerprint density at radius 3 is 2.60 bits per heavy atom. The molecule has 4 nitrogen and oxygen atoms in total. The van der Waals surface area contributed by atoms with E-state index in [0.717, 1.165) is 0 Å². The minimum Gasteiger partial charge on any atom is -0.478 e. The number of hydrogen-bond donors (Lipinski definition) is 1. The van der Waals surface area contributed by atoms with Gasteiger partial charge in [-0.25, -0.2) is 4.79 Å². The Kier molecular flexibility index (Phi) is 1.79. The fourth-order valence-electron chi connectivity index (χ4n) is 0.788. The standard InChI is InChI=1S/C5H4NO3.Al.2H/c1-3-4(5(7)8)2-9-6-3;;;/h1H3,(H,7,8);;;. The van der Waals surface area contributed by atoms with Gasteiger partial charge >= 0.3 is 22.3 Å². The van der Waals surface area contributed by atoms with Gasteiger partial charge < -0.3 is 9.63 Å². The Labute approximate surface area is 65.2 Å². The average Bonchev–Trinajstić information content (AvgIpc) is 2.11. The van der Waals surface area contributed by atoms with Crippen molar-refractivity contribution in [3.8, 4) is 0 Å². The lowest BCUT2D eigenvalue weighted by molar-refractivity contribution is 0.0697. The number of nitrogens with zero attached hydrogens (tertiary/aromatic N) is 1. The molecule has 0 spiro atoms. The summed E-state index contributed by atoms with van der Waals surface area (Å²) >= 11 is 0.584. The zero-order chi connectivity index (χ0) is 7.72. The Bertz CT molecular complexity index is 248. The third-order valence-electron chi connectivity index (χ3n) is 1.25. The number of rotatable bonds is 1. The van der Waals surface area contributed by atoms with Crippen molar-refractivity contribution in [2.45, 2.75) is 6.92 Å². The summed E-state index contributed by atoms with van der Waals surface area (Å²) in [4.78, 5) is 10.4. The van der Waals surface area contributed by atoms with Gasteiger partial charge in [0.25, 0.3) is 0 Å². The molecule has 0 aliphatic carbocycles. The number of carboxylic acid groups (broad SMARTS) is 1. The summed E-state index contributed by atoms with van der Waals surface area (Å²) in [7, 11) is 0. The number of aromatic nitrogens is 1. The summed E-state index contributed by atoms with van der Waals surface area (Å²) < 4.78 is 5.18. The van der Waals surface area contributed by atoms with Crippen LogP contribution in [0.25, 0.3) is 0 Å². The molecule has 10 heavy (non-hydrogen) atoms. The van der Waals surface area contributed by atoms with Crippen LogP contribution in [0.5, 0.6) is 0 Å². The maximum Gasteiger partial charge on any atom is 0.339 e. The number of carboxylic acids is 1. The Morgan fingerprint density at radius 1 is 1.80 bits per heavy atom. The smallest absolute Gasteiger partial charge is 0.339 e. The first-order valence-corrected chi connectivity index (χ1v) is 3.79. The molecule has 0 fully saturated rings. The molecule has 0 bridgehead atoms. The molecule has 0 saturated carbocycles.